The number of carbonyl (C=O) groups excluding carboxylic acids is 2. The number of hydrogen-bond acceptors (Lipinski definition) is 4. The molecule has 38 heavy (non-hydrogen) atoms. The molecule has 2 atom stereocenters. The minimum atomic E-state index is -4.20. The number of anilines is 1. The molecule has 0 aromatic heterocycles. The molecule has 0 radical (unpaired) electrons. The van der Waals surface area contributed by atoms with Crippen LogP contribution in [0.4, 0.5) is 10.1 Å². The van der Waals surface area contributed by atoms with Gasteiger partial charge >= 0.3 is 0 Å². The summed E-state index contributed by atoms with van der Waals surface area (Å²) in [6, 6.07) is 18.4. The van der Waals surface area contributed by atoms with E-state index >= 15 is 0 Å². The molecule has 202 valence electrons. The molecule has 0 saturated carbocycles. The highest BCUT2D eigenvalue weighted by Gasteiger charge is 2.32. The smallest absolute Gasteiger partial charge is 0.264 e. The first kappa shape index (κ1) is 29.1. The molecule has 10 heteroatoms. The summed E-state index contributed by atoms with van der Waals surface area (Å²) in [7, 11) is -4.20. The number of hydrogen-bond donors (Lipinski definition) is 1. The number of amides is 2. The van der Waals surface area contributed by atoms with Crippen LogP contribution in [0.2, 0.25) is 5.02 Å². The van der Waals surface area contributed by atoms with Crippen LogP contribution in [0.5, 0.6) is 0 Å². The molecule has 0 fully saturated rings. The van der Waals surface area contributed by atoms with Crippen molar-refractivity contribution < 1.29 is 22.4 Å². The first-order valence-corrected chi connectivity index (χ1v) is 14.0. The second-order valence-corrected chi connectivity index (χ2v) is 11.2. The molecule has 0 unspecified atom stereocenters. The predicted octanol–water partition coefficient (Wildman–Crippen LogP) is 5.01. The van der Waals surface area contributed by atoms with Crippen molar-refractivity contribution in [2.24, 2.45) is 0 Å². The minimum Gasteiger partial charge on any atom is -0.352 e. The Labute approximate surface area is 228 Å². The second kappa shape index (κ2) is 12.9. The zero-order valence-electron chi connectivity index (χ0n) is 21.5. The fourth-order valence-corrected chi connectivity index (χ4v) is 5.38. The molecule has 0 aliphatic rings. The molecule has 2 amide bonds. The summed E-state index contributed by atoms with van der Waals surface area (Å²) < 4.78 is 41.9. The first-order valence-electron chi connectivity index (χ1n) is 12.2. The van der Waals surface area contributed by atoms with E-state index in [-0.39, 0.29) is 29.1 Å². The number of halogens is 2. The summed E-state index contributed by atoms with van der Waals surface area (Å²) in [4.78, 5) is 28.1. The van der Waals surface area contributed by atoms with Crippen LogP contribution in [0.3, 0.4) is 0 Å². The average molecular weight is 560 g/mol. The predicted molar refractivity (Wildman–Crippen MR) is 147 cm³/mol. The van der Waals surface area contributed by atoms with E-state index in [0.29, 0.717) is 17.0 Å². The summed E-state index contributed by atoms with van der Waals surface area (Å²) in [6.45, 7) is 4.80. The zero-order valence-corrected chi connectivity index (χ0v) is 23.0. The van der Waals surface area contributed by atoms with Crippen molar-refractivity contribution in [1.29, 1.82) is 0 Å². The van der Waals surface area contributed by atoms with E-state index in [4.69, 9.17) is 11.6 Å². The van der Waals surface area contributed by atoms with Gasteiger partial charge in [0.25, 0.3) is 10.0 Å². The van der Waals surface area contributed by atoms with Gasteiger partial charge in [-0.2, -0.15) is 0 Å². The van der Waals surface area contributed by atoms with Gasteiger partial charge in [0, 0.05) is 17.6 Å². The molecular weight excluding hydrogens is 529 g/mol. The van der Waals surface area contributed by atoms with Crippen molar-refractivity contribution in [3.63, 3.8) is 0 Å². The van der Waals surface area contributed by atoms with Crippen molar-refractivity contribution in [3.05, 3.63) is 95.3 Å². The maximum absolute atomic E-state index is 13.8. The third-order valence-corrected chi connectivity index (χ3v) is 8.16. The van der Waals surface area contributed by atoms with Gasteiger partial charge < -0.3 is 10.2 Å². The van der Waals surface area contributed by atoms with Gasteiger partial charge in [0.2, 0.25) is 11.8 Å². The number of nitrogens with zero attached hydrogens (tertiary/aromatic N) is 2. The fraction of sp³-hybridized carbons (Fsp3) is 0.286. The van der Waals surface area contributed by atoms with Crippen LogP contribution in [0.1, 0.15) is 32.8 Å². The van der Waals surface area contributed by atoms with Gasteiger partial charge in [-0.15, -0.1) is 0 Å². The molecule has 3 aromatic rings. The monoisotopic (exact) mass is 559 g/mol. The van der Waals surface area contributed by atoms with Crippen molar-refractivity contribution >= 4 is 39.1 Å². The lowest BCUT2D eigenvalue weighted by Crippen LogP contribution is -2.52. The number of benzene rings is 3. The summed E-state index contributed by atoms with van der Waals surface area (Å²) in [5, 5.41) is 3.34. The second-order valence-electron chi connectivity index (χ2n) is 8.95. The van der Waals surface area contributed by atoms with Crippen LogP contribution in [0.15, 0.2) is 83.8 Å². The molecule has 0 saturated heterocycles. The molecule has 0 aliphatic carbocycles. The van der Waals surface area contributed by atoms with Crippen molar-refractivity contribution in [2.75, 3.05) is 10.8 Å². The fourth-order valence-electron chi connectivity index (χ4n) is 3.74. The van der Waals surface area contributed by atoms with Crippen molar-refractivity contribution in [1.82, 2.24) is 10.2 Å². The lowest BCUT2D eigenvalue weighted by molar-refractivity contribution is -0.139. The quantitative estimate of drug-likeness (QED) is 0.358. The highest BCUT2D eigenvalue weighted by Crippen LogP contribution is 2.25. The lowest BCUT2D eigenvalue weighted by atomic mass is 10.1. The molecule has 0 heterocycles. The third-order valence-electron chi connectivity index (χ3n) is 6.13. The van der Waals surface area contributed by atoms with Crippen LogP contribution in [0.25, 0.3) is 0 Å². The van der Waals surface area contributed by atoms with Gasteiger partial charge in [0.1, 0.15) is 18.4 Å². The number of nitrogens with one attached hydrogen (secondary N) is 1. The molecule has 1 N–H and O–H groups in total. The van der Waals surface area contributed by atoms with Crippen LogP contribution in [-0.4, -0.2) is 43.8 Å². The van der Waals surface area contributed by atoms with Gasteiger partial charge in [-0.25, -0.2) is 12.8 Å². The van der Waals surface area contributed by atoms with Gasteiger partial charge in [-0.1, -0.05) is 48.9 Å². The molecule has 3 aromatic carbocycles. The largest absolute Gasteiger partial charge is 0.352 e. The van der Waals surface area contributed by atoms with E-state index in [9.17, 15) is 22.4 Å². The van der Waals surface area contributed by atoms with E-state index in [2.05, 4.69) is 5.32 Å². The summed E-state index contributed by atoms with van der Waals surface area (Å²) in [5.41, 5.74) is 0.788. The molecule has 0 bridgehead atoms. The average Bonchev–Trinajstić information content (AvgIpc) is 2.90. The van der Waals surface area contributed by atoms with Gasteiger partial charge in [-0.05, 0) is 74.4 Å². The Morgan fingerprint density at radius 2 is 1.63 bits per heavy atom. The molecule has 7 nitrogen and oxygen atoms in total. The maximum atomic E-state index is 13.8. The molecular formula is C28H31ClFN3O4S. The Bertz CT molecular complexity index is 1350. The topological polar surface area (TPSA) is 86.8 Å². The summed E-state index contributed by atoms with van der Waals surface area (Å²) in [6.07, 6.45) is 0.703. The third kappa shape index (κ3) is 7.33. The zero-order chi connectivity index (χ0) is 27.9. The van der Waals surface area contributed by atoms with Crippen molar-refractivity contribution in [2.45, 2.75) is 50.7 Å². The Kier molecular flexibility index (Phi) is 9.88. The number of rotatable bonds is 11. The van der Waals surface area contributed by atoms with Gasteiger partial charge in [-0.3, -0.25) is 13.9 Å². The van der Waals surface area contributed by atoms with E-state index in [1.54, 1.807) is 49.4 Å². The van der Waals surface area contributed by atoms with Crippen LogP contribution < -0.4 is 9.62 Å². The Hall–Kier alpha value is -3.43. The highest BCUT2D eigenvalue weighted by atomic mass is 35.5. The van der Waals surface area contributed by atoms with Crippen LogP contribution in [0, 0.1) is 5.82 Å². The van der Waals surface area contributed by atoms with E-state index < -0.39 is 34.3 Å². The molecule has 0 aliphatic heterocycles. The molecule has 3 rings (SSSR count). The standard InChI is InChI=1S/C28H31ClFN3O4S/c1-4-20(2)31-28(35)21(3)32(18-22-9-8-10-23(29)17-22)27(34)19-33(25-15-13-24(30)14-16-25)38(36,37)26-11-6-5-7-12-26/h5-17,20-21H,4,18-19H2,1-3H3,(H,31,35)/t20-,21+/m1/s1. The number of carbonyl (C=O) groups is 2. The molecule has 0 spiro atoms. The van der Waals surface area contributed by atoms with E-state index in [1.165, 1.54) is 29.2 Å². The van der Waals surface area contributed by atoms with Gasteiger partial charge in [0.05, 0.1) is 10.6 Å². The first-order chi connectivity index (χ1) is 18.0. The number of sulfonamides is 1. The summed E-state index contributed by atoms with van der Waals surface area (Å²) in [5.74, 6) is -1.52. The van der Waals surface area contributed by atoms with E-state index in [0.717, 1.165) is 16.4 Å². The van der Waals surface area contributed by atoms with E-state index in [1.807, 2.05) is 13.8 Å². The van der Waals surface area contributed by atoms with Crippen LogP contribution >= 0.6 is 11.6 Å². The SMILES string of the molecule is CC[C@@H](C)NC(=O)[C@H](C)N(Cc1cccc(Cl)c1)C(=O)CN(c1ccc(F)cc1)S(=O)(=O)c1ccccc1. The summed E-state index contributed by atoms with van der Waals surface area (Å²) >= 11 is 6.14. The lowest BCUT2D eigenvalue weighted by Gasteiger charge is -2.32. The Balaban J connectivity index is 2.01. The van der Waals surface area contributed by atoms with Crippen LogP contribution in [-0.2, 0) is 26.2 Å². The minimum absolute atomic E-state index is 0.0249. The maximum Gasteiger partial charge on any atom is 0.264 e. The Morgan fingerprint density at radius 1 is 0.974 bits per heavy atom. The normalized spacial score (nSPS) is 12.9. The van der Waals surface area contributed by atoms with Crippen molar-refractivity contribution in [3.8, 4) is 0 Å². The van der Waals surface area contributed by atoms with Gasteiger partial charge in [0.15, 0.2) is 0 Å². The Morgan fingerprint density at radius 3 is 2.24 bits per heavy atom. The highest BCUT2D eigenvalue weighted by molar-refractivity contribution is 7.92.